The lowest BCUT2D eigenvalue weighted by Crippen LogP contribution is -2.22. The van der Waals surface area contributed by atoms with Crippen molar-refractivity contribution in [1.29, 1.82) is 0 Å². The van der Waals surface area contributed by atoms with Crippen molar-refractivity contribution in [2.75, 3.05) is 0 Å². The van der Waals surface area contributed by atoms with E-state index >= 15 is 0 Å². The topological polar surface area (TPSA) is 43.4 Å². The van der Waals surface area contributed by atoms with E-state index in [1.807, 2.05) is 0 Å². The fourth-order valence-corrected chi connectivity index (χ4v) is 2.02. The van der Waals surface area contributed by atoms with Crippen molar-refractivity contribution in [3.8, 4) is 0 Å². The molecule has 0 aromatic heterocycles. The molecule has 2 rings (SSSR count). The van der Waals surface area contributed by atoms with Crippen LogP contribution in [0.4, 0.5) is 18.4 Å². The summed E-state index contributed by atoms with van der Waals surface area (Å²) in [4.78, 5) is 23.2. The van der Waals surface area contributed by atoms with E-state index in [9.17, 15) is 18.4 Å². The molecule has 2 aromatic carbocycles. The molecule has 0 N–H and O–H groups in total. The van der Waals surface area contributed by atoms with Gasteiger partial charge in [0.1, 0.15) is 11.6 Å². The minimum Gasteiger partial charge on any atom is -0.411 e. The van der Waals surface area contributed by atoms with Crippen molar-refractivity contribution >= 4 is 26.3 Å². The van der Waals surface area contributed by atoms with Gasteiger partial charge < -0.3 is 4.74 Å². The van der Waals surface area contributed by atoms with Crippen molar-refractivity contribution in [3.05, 3.63) is 71.3 Å². The summed E-state index contributed by atoms with van der Waals surface area (Å²) < 4.78 is 30.2. The van der Waals surface area contributed by atoms with Gasteiger partial charge in [-0.05, 0) is 36.9 Å². The maximum absolute atomic E-state index is 12.7. The Morgan fingerprint density at radius 3 is 1.43 bits per heavy atom. The van der Waals surface area contributed by atoms with Gasteiger partial charge in [0.05, 0.1) is 0 Å². The molecule has 0 fully saturated rings. The molecule has 116 valence electrons. The lowest BCUT2D eigenvalue weighted by molar-refractivity contribution is 0.183. The molecule has 0 spiro atoms. The van der Waals surface area contributed by atoms with Gasteiger partial charge in [0.2, 0.25) is 0 Å². The molecule has 0 radical (unpaired) electrons. The molecule has 0 atom stereocenters. The molecule has 0 heterocycles. The van der Waals surface area contributed by atoms with Crippen LogP contribution in [-0.4, -0.2) is 26.3 Å². The molecular formula is C16H14B2F2O3. The molecule has 0 amide bonds. The Labute approximate surface area is 134 Å². The number of rotatable bonds is 6. The Morgan fingerprint density at radius 2 is 1.09 bits per heavy atom. The second-order valence-electron chi connectivity index (χ2n) is 5.10. The van der Waals surface area contributed by atoms with E-state index in [2.05, 4.69) is 0 Å². The highest BCUT2D eigenvalue weighted by Crippen LogP contribution is 2.04. The summed E-state index contributed by atoms with van der Waals surface area (Å²) in [5, 5.41) is 0. The van der Waals surface area contributed by atoms with E-state index < -0.39 is 11.7 Å². The van der Waals surface area contributed by atoms with Crippen LogP contribution in [0.25, 0.3) is 0 Å². The fourth-order valence-electron chi connectivity index (χ4n) is 2.02. The van der Waals surface area contributed by atoms with Gasteiger partial charge in [-0.3, -0.25) is 9.59 Å². The summed E-state index contributed by atoms with van der Waals surface area (Å²) >= 11 is 0. The van der Waals surface area contributed by atoms with Crippen molar-refractivity contribution < 1.29 is 23.1 Å². The van der Waals surface area contributed by atoms with Crippen molar-refractivity contribution in [2.45, 2.75) is 12.6 Å². The van der Waals surface area contributed by atoms with Crippen molar-refractivity contribution in [1.82, 2.24) is 0 Å². The molecule has 0 unspecified atom stereocenters. The zero-order valence-electron chi connectivity index (χ0n) is 12.4. The molecule has 3 nitrogen and oxygen atoms in total. The normalized spacial score (nSPS) is 10.0. The van der Waals surface area contributed by atoms with Crippen LogP contribution in [0.2, 0.25) is 0 Å². The van der Waals surface area contributed by atoms with E-state index in [1.54, 1.807) is 24.3 Å². The molecule has 2 aromatic rings. The van der Waals surface area contributed by atoms with E-state index in [1.165, 1.54) is 24.3 Å². The van der Waals surface area contributed by atoms with Gasteiger partial charge in [-0.15, -0.1) is 0 Å². The molecular weight excluding hydrogens is 300 g/mol. The largest absolute Gasteiger partial charge is 0.411 e. The van der Waals surface area contributed by atoms with Gasteiger partial charge in [0, 0.05) is 0 Å². The SMILES string of the molecule is O=C(BCc1ccc(F)cc1)OC(=O)BCc1ccc(F)cc1. The van der Waals surface area contributed by atoms with Crippen LogP contribution < -0.4 is 0 Å². The maximum Gasteiger partial charge on any atom is 0.265 e. The zero-order chi connectivity index (χ0) is 16.7. The van der Waals surface area contributed by atoms with Crippen LogP contribution in [0.5, 0.6) is 0 Å². The first-order valence-electron chi connectivity index (χ1n) is 7.25. The predicted molar refractivity (Wildman–Crippen MR) is 86.4 cm³/mol. The highest BCUT2D eigenvalue weighted by molar-refractivity contribution is 6.77. The number of hydrogen-bond acceptors (Lipinski definition) is 3. The van der Waals surface area contributed by atoms with Crippen LogP contribution in [0, 0.1) is 11.6 Å². The van der Waals surface area contributed by atoms with Crippen LogP contribution in [0.1, 0.15) is 11.1 Å². The van der Waals surface area contributed by atoms with E-state index in [-0.39, 0.29) is 26.2 Å². The van der Waals surface area contributed by atoms with Crippen molar-refractivity contribution in [2.24, 2.45) is 0 Å². The average molecular weight is 314 g/mol. The summed E-state index contributed by atoms with van der Waals surface area (Å²) in [5.74, 6) is -1.91. The Hall–Kier alpha value is -2.43. The highest BCUT2D eigenvalue weighted by atomic mass is 19.1. The van der Waals surface area contributed by atoms with Gasteiger partial charge in [-0.25, -0.2) is 8.78 Å². The van der Waals surface area contributed by atoms with Crippen LogP contribution in [0.3, 0.4) is 0 Å². The quantitative estimate of drug-likeness (QED) is 0.608. The lowest BCUT2D eigenvalue weighted by atomic mass is 9.70. The number of carbonyl (C=O) groups excluding carboxylic acids is 2. The van der Waals surface area contributed by atoms with Gasteiger partial charge in [0.15, 0.2) is 0 Å². The molecule has 23 heavy (non-hydrogen) atoms. The van der Waals surface area contributed by atoms with Crippen LogP contribution >= 0.6 is 0 Å². The summed E-state index contributed by atoms with van der Waals surface area (Å²) in [5.41, 5.74) is 1.59. The summed E-state index contributed by atoms with van der Waals surface area (Å²) in [6.45, 7) is 0. The Bertz CT molecular complexity index is 613. The number of carbonyl (C=O) groups is 2. The monoisotopic (exact) mass is 314 g/mol. The lowest BCUT2D eigenvalue weighted by Gasteiger charge is -2.03. The second kappa shape index (κ2) is 8.27. The number of hydrogen-bond donors (Lipinski definition) is 0. The maximum atomic E-state index is 12.7. The zero-order valence-corrected chi connectivity index (χ0v) is 12.4. The molecule has 0 bridgehead atoms. The first-order chi connectivity index (χ1) is 11.0. The number of halogens is 2. The molecule has 0 aliphatic rings. The third-order valence-corrected chi connectivity index (χ3v) is 3.29. The summed E-state index contributed by atoms with van der Waals surface area (Å²) in [6.07, 6.45) is 0.759. The van der Waals surface area contributed by atoms with Crippen LogP contribution in [0.15, 0.2) is 48.5 Å². The smallest absolute Gasteiger partial charge is 0.265 e. The summed E-state index contributed by atoms with van der Waals surface area (Å²) in [6, 6.07) is 11.6. The predicted octanol–water partition coefficient (Wildman–Crippen LogP) is 2.79. The average Bonchev–Trinajstić information content (AvgIpc) is 2.54. The Balaban J connectivity index is 1.70. The molecule has 0 aliphatic carbocycles. The third kappa shape index (κ3) is 6.06. The first-order valence-corrected chi connectivity index (χ1v) is 7.25. The van der Waals surface area contributed by atoms with E-state index in [0.717, 1.165) is 11.1 Å². The van der Waals surface area contributed by atoms with E-state index in [0.29, 0.717) is 12.6 Å². The van der Waals surface area contributed by atoms with Crippen LogP contribution in [-0.2, 0) is 17.4 Å². The first kappa shape index (κ1) is 16.9. The molecule has 0 saturated heterocycles. The van der Waals surface area contributed by atoms with Gasteiger partial charge >= 0.3 is 0 Å². The van der Waals surface area contributed by atoms with Gasteiger partial charge in [0.25, 0.3) is 26.3 Å². The van der Waals surface area contributed by atoms with Gasteiger partial charge in [-0.1, -0.05) is 35.4 Å². The minimum absolute atomic E-state index is 0.0495. The minimum atomic E-state index is -0.613. The molecule has 7 heteroatoms. The highest BCUT2D eigenvalue weighted by Gasteiger charge is 2.13. The second-order valence-corrected chi connectivity index (χ2v) is 5.10. The Kier molecular flexibility index (Phi) is 6.09. The fraction of sp³-hybridized carbons (Fsp3) is 0.125. The molecule has 0 saturated carbocycles. The van der Waals surface area contributed by atoms with Gasteiger partial charge in [-0.2, -0.15) is 0 Å². The number of ether oxygens (including phenoxy) is 1. The standard InChI is InChI=1S/C16H14B2F2O3/c19-13-5-1-11(2-6-13)9-17-15(21)23-16(22)18-10-12-3-7-14(20)8-4-12/h1-8,17-18H,9-10H2. The Morgan fingerprint density at radius 1 is 0.739 bits per heavy atom. The molecule has 0 aliphatic heterocycles. The van der Waals surface area contributed by atoms with E-state index in [4.69, 9.17) is 4.74 Å². The number of benzene rings is 2. The third-order valence-electron chi connectivity index (χ3n) is 3.29. The van der Waals surface area contributed by atoms with Crippen molar-refractivity contribution in [3.63, 3.8) is 0 Å². The summed E-state index contributed by atoms with van der Waals surface area (Å²) in [7, 11) is 0.0990.